The molecule has 0 amide bonds. The van der Waals surface area contributed by atoms with Gasteiger partial charge >= 0.3 is 5.97 Å². The molecule has 1 aliphatic heterocycles. The molecule has 0 aliphatic carbocycles. The molecule has 0 radical (unpaired) electrons. The van der Waals surface area contributed by atoms with E-state index in [0.29, 0.717) is 13.0 Å². The first-order valence-corrected chi connectivity index (χ1v) is 11.1. The summed E-state index contributed by atoms with van der Waals surface area (Å²) in [6, 6.07) is 20.1. The van der Waals surface area contributed by atoms with Gasteiger partial charge in [-0.15, -0.1) is 0 Å². The monoisotopic (exact) mass is 426 g/mol. The minimum atomic E-state index is -0.746. The number of aliphatic carboxylic acids is 1. The van der Waals surface area contributed by atoms with Crippen LogP contribution in [0.3, 0.4) is 0 Å². The summed E-state index contributed by atoms with van der Waals surface area (Å²) < 4.78 is 1.80. The number of nitrogens with zero attached hydrogens (tertiary/aromatic N) is 4. The fourth-order valence-electron chi connectivity index (χ4n) is 4.65. The number of likely N-dealkylation sites (tertiary alicyclic amines) is 1. The summed E-state index contributed by atoms with van der Waals surface area (Å²) in [5, 5.41) is 14.3. The Morgan fingerprint density at radius 3 is 2.66 bits per heavy atom. The van der Waals surface area contributed by atoms with Crippen molar-refractivity contribution in [1.29, 1.82) is 0 Å². The van der Waals surface area contributed by atoms with E-state index in [1.165, 1.54) is 16.7 Å². The third-order valence-corrected chi connectivity index (χ3v) is 6.33. The summed E-state index contributed by atoms with van der Waals surface area (Å²) in [5.41, 5.74) is 7.15. The van der Waals surface area contributed by atoms with E-state index in [9.17, 15) is 9.90 Å². The first-order chi connectivity index (χ1) is 15.6. The molecular weight excluding hydrogens is 400 g/mol. The second-order valence-corrected chi connectivity index (χ2v) is 8.42. The molecule has 2 aromatic carbocycles. The van der Waals surface area contributed by atoms with Crippen LogP contribution in [0.15, 0.2) is 66.9 Å². The third-order valence-electron chi connectivity index (χ3n) is 6.33. The maximum Gasteiger partial charge on any atom is 0.320 e. The number of carbonyl (C=O) groups is 1. The van der Waals surface area contributed by atoms with E-state index in [1.54, 1.807) is 4.52 Å². The smallest absolute Gasteiger partial charge is 0.320 e. The third kappa shape index (κ3) is 3.89. The number of hydrogen-bond donors (Lipinski definition) is 1. The molecule has 0 bridgehead atoms. The van der Waals surface area contributed by atoms with Gasteiger partial charge in [0.15, 0.2) is 5.65 Å². The lowest BCUT2D eigenvalue weighted by Gasteiger charge is -2.32. The number of aromatic nitrogens is 3. The molecular formula is C26H26N4O2. The zero-order valence-corrected chi connectivity index (χ0v) is 18.1. The quantitative estimate of drug-likeness (QED) is 0.496. The van der Waals surface area contributed by atoms with Crippen molar-refractivity contribution >= 4 is 11.6 Å². The van der Waals surface area contributed by atoms with E-state index in [2.05, 4.69) is 49.4 Å². The van der Waals surface area contributed by atoms with E-state index in [0.717, 1.165) is 42.0 Å². The molecule has 1 fully saturated rings. The van der Waals surface area contributed by atoms with Crippen LogP contribution < -0.4 is 0 Å². The molecule has 0 saturated carbocycles. The standard InChI is InChI=1S/C26H26N4O2/c1-18-21(19-8-3-2-4-9-19)10-7-11-22(18)23-17-30-25(27-23)14-13-20(28-30)16-29-15-6-5-12-24(29)26(31)32/h2-4,7-11,13-14,17,24H,5-6,12,15-16H2,1H3,(H,31,32)/t24-/m0/s1. The van der Waals surface area contributed by atoms with Crippen LogP contribution in [0.4, 0.5) is 0 Å². The van der Waals surface area contributed by atoms with Gasteiger partial charge in [0, 0.05) is 12.1 Å². The molecule has 1 atom stereocenters. The lowest BCUT2D eigenvalue weighted by atomic mass is 9.95. The Bertz CT molecular complexity index is 1270. The fraction of sp³-hybridized carbons (Fsp3) is 0.269. The molecule has 1 saturated heterocycles. The number of benzene rings is 2. The fourth-order valence-corrected chi connectivity index (χ4v) is 4.65. The van der Waals surface area contributed by atoms with Crippen molar-refractivity contribution in [2.75, 3.05) is 6.54 Å². The number of carboxylic acid groups (broad SMARTS) is 1. The average Bonchev–Trinajstić information content (AvgIpc) is 3.23. The molecule has 6 heteroatoms. The number of imidazole rings is 1. The second kappa shape index (κ2) is 8.55. The maximum atomic E-state index is 11.6. The van der Waals surface area contributed by atoms with Crippen LogP contribution in [0, 0.1) is 6.92 Å². The molecule has 3 heterocycles. The van der Waals surface area contributed by atoms with E-state index in [4.69, 9.17) is 10.1 Å². The largest absolute Gasteiger partial charge is 0.480 e. The highest BCUT2D eigenvalue weighted by Gasteiger charge is 2.28. The molecule has 32 heavy (non-hydrogen) atoms. The lowest BCUT2D eigenvalue weighted by Crippen LogP contribution is -2.44. The summed E-state index contributed by atoms with van der Waals surface area (Å²) in [7, 11) is 0. The second-order valence-electron chi connectivity index (χ2n) is 8.42. The Morgan fingerprint density at radius 1 is 1.03 bits per heavy atom. The lowest BCUT2D eigenvalue weighted by molar-refractivity contribution is -0.144. The summed E-state index contributed by atoms with van der Waals surface area (Å²) in [6.45, 7) is 3.45. The van der Waals surface area contributed by atoms with Crippen molar-refractivity contribution < 1.29 is 9.90 Å². The molecule has 6 nitrogen and oxygen atoms in total. The Morgan fingerprint density at radius 2 is 1.84 bits per heavy atom. The minimum Gasteiger partial charge on any atom is -0.480 e. The van der Waals surface area contributed by atoms with Crippen LogP contribution >= 0.6 is 0 Å². The van der Waals surface area contributed by atoms with Crippen LogP contribution in [0.2, 0.25) is 0 Å². The molecule has 1 N–H and O–H groups in total. The first kappa shape index (κ1) is 20.4. The number of rotatable bonds is 5. The highest BCUT2D eigenvalue weighted by molar-refractivity contribution is 5.77. The van der Waals surface area contributed by atoms with Gasteiger partial charge in [0.1, 0.15) is 6.04 Å². The van der Waals surface area contributed by atoms with Crippen molar-refractivity contribution in [2.45, 2.75) is 38.8 Å². The predicted octanol–water partition coefficient (Wildman–Crippen LogP) is 4.81. The van der Waals surface area contributed by atoms with E-state index in [-0.39, 0.29) is 0 Å². The van der Waals surface area contributed by atoms with Crippen LogP contribution in [-0.4, -0.2) is 43.2 Å². The van der Waals surface area contributed by atoms with Gasteiger partial charge in [-0.05, 0) is 55.1 Å². The molecule has 2 aromatic heterocycles. The molecule has 0 spiro atoms. The summed E-state index contributed by atoms with van der Waals surface area (Å²) >= 11 is 0. The molecule has 4 aromatic rings. The molecule has 162 valence electrons. The van der Waals surface area contributed by atoms with Gasteiger partial charge < -0.3 is 5.11 Å². The number of fused-ring (bicyclic) bond motifs is 1. The maximum absolute atomic E-state index is 11.6. The molecule has 5 rings (SSSR count). The van der Waals surface area contributed by atoms with Crippen molar-refractivity contribution in [1.82, 2.24) is 19.5 Å². The van der Waals surface area contributed by atoms with Crippen LogP contribution in [0.25, 0.3) is 28.0 Å². The van der Waals surface area contributed by atoms with Crippen molar-refractivity contribution in [3.63, 3.8) is 0 Å². The van der Waals surface area contributed by atoms with Gasteiger partial charge in [-0.25, -0.2) is 9.50 Å². The van der Waals surface area contributed by atoms with Crippen molar-refractivity contribution in [3.05, 3.63) is 78.1 Å². The van der Waals surface area contributed by atoms with Gasteiger partial charge in [-0.1, -0.05) is 55.0 Å². The van der Waals surface area contributed by atoms with Gasteiger partial charge in [0.2, 0.25) is 0 Å². The summed E-state index contributed by atoms with van der Waals surface area (Å²) in [6.07, 6.45) is 4.65. The molecule has 1 aliphatic rings. The van der Waals surface area contributed by atoms with Gasteiger partial charge in [0.05, 0.1) is 17.6 Å². The highest BCUT2D eigenvalue weighted by Crippen LogP contribution is 2.31. The van der Waals surface area contributed by atoms with E-state index in [1.807, 2.05) is 29.3 Å². The Hall–Kier alpha value is -3.51. The average molecular weight is 427 g/mol. The zero-order valence-electron chi connectivity index (χ0n) is 18.1. The first-order valence-electron chi connectivity index (χ1n) is 11.1. The van der Waals surface area contributed by atoms with E-state index < -0.39 is 12.0 Å². The normalized spacial score (nSPS) is 17.0. The van der Waals surface area contributed by atoms with E-state index >= 15 is 0 Å². The van der Waals surface area contributed by atoms with Crippen molar-refractivity contribution in [3.8, 4) is 22.4 Å². The van der Waals surface area contributed by atoms with Gasteiger partial charge in [0.25, 0.3) is 0 Å². The van der Waals surface area contributed by atoms with Crippen LogP contribution in [0.5, 0.6) is 0 Å². The predicted molar refractivity (Wildman–Crippen MR) is 124 cm³/mol. The number of carboxylic acids is 1. The van der Waals surface area contributed by atoms with Gasteiger partial charge in [-0.2, -0.15) is 5.10 Å². The highest BCUT2D eigenvalue weighted by atomic mass is 16.4. The summed E-state index contributed by atoms with van der Waals surface area (Å²) in [4.78, 5) is 18.4. The Labute approximate surface area is 187 Å². The minimum absolute atomic E-state index is 0.428. The number of hydrogen-bond acceptors (Lipinski definition) is 4. The topological polar surface area (TPSA) is 70.7 Å². The van der Waals surface area contributed by atoms with Gasteiger partial charge in [-0.3, -0.25) is 9.69 Å². The molecule has 0 unspecified atom stereocenters. The van der Waals surface area contributed by atoms with Crippen LogP contribution in [-0.2, 0) is 11.3 Å². The van der Waals surface area contributed by atoms with Crippen LogP contribution in [0.1, 0.15) is 30.5 Å². The SMILES string of the molecule is Cc1c(-c2ccccc2)cccc1-c1cn2nc(CN3CCCC[C@H]3C(=O)O)ccc2n1. The zero-order chi connectivity index (χ0) is 22.1. The summed E-state index contributed by atoms with van der Waals surface area (Å²) in [5.74, 6) is -0.746. The Balaban J connectivity index is 1.46. The number of piperidine rings is 1. The van der Waals surface area contributed by atoms with Crippen molar-refractivity contribution in [2.24, 2.45) is 0 Å². The Kier molecular flexibility index (Phi) is 5.45.